The second kappa shape index (κ2) is 5.48. The lowest BCUT2D eigenvalue weighted by Gasteiger charge is -2.24. The molecule has 1 atom stereocenters. The van der Waals surface area contributed by atoms with Gasteiger partial charge in [0.15, 0.2) is 11.4 Å². The van der Waals surface area contributed by atoms with Crippen LogP contribution in [0.15, 0.2) is 24.3 Å². The van der Waals surface area contributed by atoms with Crippen molar-refractivity contribution in [3.05, 3.63) is 46.2 Å². The van der Waals surface area contributed by atoms with Gasteiger partial charge in [-0.1, -0.05) is 29.5 Å². The Labute approximate surface area is 115 Å². The molecule has 0 aliphatic heterocycles. The molecule has 1 aromatic heterocycles. The summed E-state index contributed by atoms with van der Waals surface area (Å²) in [6.45, 7) is 3.71. The van der Waals surface area contributed by atoms with E-state index >= 15 is 0 Å². The third kappa shape index (κ3) is 2.66. The largest absolute Gasteiger partial charge is 0.344 e. The van der Waals surface area contributed by atoms with E-state index in [0.29, 0.717) is 16.1 Å². The Hall–Kier alpha value is -1.75. The second-order valence-electron chi connectivity index (χ2n) is 4.37. The molecule has 2 aromatic rings. The van der Waals surface area contributed by atoms with E-state index in [9.17, 15) is 9.18 Å². The molecule has 5 heteroatoms. The first-order valence-electron chi connectivity index (χ1n) is 5.94. The minimum Gasteiger partial charge on any atom is -0.344 e. The Morgan fingerprint density at radius 2 is 2.11 bits per heavy atom. The first-order chi connectivity index (χ1) is 9.04. The van der Waals surface area contributed by atoms with E-state index < -0.39 is 0 Å². The summed E-state index contributed by atoms with van der Waals surface area (Å²) in [6.07, 6.45) is 0.804. The molecule has 0 fully saturated rings. The summed E-state index contributed by atoms with van der Waals surface area (Å²) in [4.78, 5) is 17.7. The number of hydrogen-bond acceptors (Lipinski definition) is 4. The molecular formula is C14H15FN2OS. The minimum atomic E-state index is -0.231. The van der Waals surface area contributed by atoms with E-state index in [1.807, 2.05) is 24.9 Å². The van der Waals surface area contributed by atoms with Crippen LogP contribution in [0.2, 0.25) is 0 Å². The molecule has 0 bridgehead atoms. The summed E-state index contributed by atoms with van der Waals surface area (Å²) in [6, 6.07) is 6.54. The van der Waals surface area contributed by atoms with Crippen LogP contribution in [0.3, 0.4) is 0 Å². The van der Waals surface area contributed by atoms with Gasteiger partial charge in [0.25, 0.3) is 0 Å². The van der Waals surface area contributed by atoms with Crippen LogP contribution in [0.4, 0.5) is 9.52 Å². The predicted octanol–water partition coefficient (Wildman–Crippen LogP) is 3.60. The number of rotatable bonds is 4. The van der Waals surface area contributed by atoms with Crippen LogP contribution in [0.5, 0.6) is 0 Å². The lowest BCUT2D eigenvalue weighted by Crippen LogP contribution is -2.22. The minimum absolute atomic E-state index is 0.147. The normalized spacial score (nSPS) is 12.2. The molecule has 1 heterocycles. The van der Waals surface area contributed by atoms with Gasteiger partial charge in [0, 0.05) is 12.6 Å². The number of aldehydes is 1. The van der Waals surface area contributed by atoms with Crippen molar-refractivity contribution in [2.45, 2.75) is 19.9 Å². The number of carbonyl (C=O) groups excluding carboxylic acids is 1. The van der Waals surface area contributed by atoms with Crippen molar-refractivity contribution in [1.29, 1.82) is 0 Å². The van der Waals surface area contributed by atoms with Gasteiger partial charge >= 0.3 is 0 Å². The van der Waals surface area contributed by atoms with Gasteiger partial charge in [0.05, 0.1) is 16.6 Å². The highest BCUT2D eigenvalue weighted by molar-refractivity contribution is 7.17. The van der Waals surface area contributed by atoms with Gasteiger partial charge < -0.3 is 4.90 Å². The molecule has 1 aromatic carbocycles. The van der Waals surface area contributed by atoms with Crippen molar-refractivity contribution in [2.24, 2.45) is 0 Å². The Bertz CT molecular complexity index is 597. The van der Waals surface area contributed by atoms with Gasteiger partial charge in [-0.15, -0.1) is 0 Å². The van der Waals surface area contributed by atoms with Crippen LogP contribution >= 0.6 is 11.3 Å². The maximum atomic E-state index is 13.8. The Balaban J connectivity index is 2.30. The Morgan fingerprint density at radius 1 is 1.42 bits per heavy atom. The number of benzene rings is 1. The molecule has 0 N–H and O–H groups in total. The molecule has 0 spiro atoms. The van der Waals surface area contributed by atoms with Gasteiger partial charge in [-0.25, -0.2) is 9.37 Å². The molecule has 19 heavy (non-hydrogen) atoms. The van der Waals surface area contributed by atoms with Crippen LogP contribution in [0, 0.1) is 12.7 Å². The van der Waals surface area contributed by atoms with Gasteiger partial charge in [0.2, 0.25) is 0 Å². The first kappa shape index (κ1) is 13.7. The fourth-order valence-corrected chi connectivity index (χ4v) is 2.76. The number of aryl methyl sites for hydroxylation is 1. The standard InChI is InChI=1S/C14H15FN2OS/c1-9-13(8-18)19-14(16-9)17(3)10(2)11-6-4-5-7-12(11)15/h4-8,10H,1-3H3. The third-order valence-electron chi connectivity index (χ3n) is 3.17. The van der Waals surface area contributed by atoms with Gasteiger partial charge in [-0.05, 0) is 19.9 Å². The highest BCUT2D eigenvalue weighted by Crippen LogP contribution is 2.31. The predicted molar refractivity (Wildman–Crippen MR) is 75.5 cm³/mol. The van der Waals surface area contributed by atoms with Crippen LogP contribution in [0.1, 0.15) is 33.9 Å². The quantitative estimate of drug-likeness (QED) is 0.801. The maximum absolute atomic E-state index is 13.8. The molecule has 2 rings (SSSR count). The molecule has 0 aliphatic rings. The number of halogens is 1. The first-order valence-corrected chi connectivity index (χ1v) is 6.76. The van der Waals surface area contributed by atoms with E-state index in [0.717, 1.165) is 11.4 Å². The van der Waals surface area contributed by atoms with Crippen molar-refractivity contribution < 1.29 is 9.18 Å². The van der Waals surface area contributed by atoms with Crippen molar-refractivity contribution in [3.63, 3.8) is 0 Å². The topological polar surface area (TPSA) is 33.2 Å². The lowest BCUT2D eigenvalue weighted by atomic mass is 10.1. The third-order valence-corrected chi connectivity index (χ3v) is 4.34. The SMILES string of the molecule is Cc1nc(N(C)C(C)c2ccccc2F)sc1C=O. The number of carbonyl (C=O) groups is 1. The molecule has 3 nitrogen and oxygen atoms in total. The van der Waals surface area contributed by atoms with Gasteiger partial charge in [-0.2, -0.15) is 0 Å². The fraction of sp³-hybridized carbons (Fsp3) is 0.286. The summed E-state index contributed by atoms with van der Waals surface area (Å²) in [7, 11) is 1.85. The van der Waals surface area contributed by atoms with Crippen LogP contribution < -0.4 is 4.90 Å². The summed E-state index contributed by atoms with van der Waals surface area (Å²) >= 11 is 1.32. The average Bonchev–Trinajstić information content (AvgIpc) is 2.79. The van der Waals surface area contributed by atoms with E-state index in [1.165, 1.54) is 17.4 Å². The molecule has 0 aliphatic carbocycles. The van der Waals surface area contributed by atoms with Gasteiger partial charge in [0.1, 0.15) is 5.82 Å². The number of nitrogens with zero attached hydrogens (tertiary/aromatic N) is 2. The van der Waals surface area contributed by atoms with E-state index in [4.69, 9.17) is 0 Å². The van der Waals surface area contributed by atoms with Gasteiger partial charge in [-0.3, -0.25) is 4.79 Å². The summed E-state index contributed by atoms with van der Waals surface area (Å²) in [5.41, 5.74) is 1.33. The Kier molecular flexibility index (Phi) is 3.95. The average molecular weight is 278 g/mol. The summed E-state index contributed by atoms with van der Waals surface area (Å²) < 4.78 is 13.8. The molecule has 1 unspecified atom stereocenters. The number of thiazole rings is 1. The van der Waals surface area contributed by atoms with Crippen molar-refractivity contribution >= 4 is 22.8 Å². The van der Waals surface area contributed by atoms with E-state index in [-0.39, 0.29) is 11.9 Å². The van der Waals surface area contributed by atoms with E-state index in [2.05, 4.69) is 4.98 Å². The molecule has 0 amide bonds. The monoisotopic (exact) mass is 278 g/mol. The zero-order chi connectivity index (χ0) is 14.0. The highest BCUT2D eigenvalue weighted by Gasteiger charge is 2.19. The van der Waals surface area contributed by atoms with Crippen LogP contribution in [0.25, 0.3) is 0 Å². The van der Waals surface area contributed by atoms with Crippen molar-refractivity contribution in [2.75, 3.05) is 11.9 Å². The van der Waals surface area contributed by atoms with Crippen LogP contribution in [-0.4, -0.2) is 18.3 Å². The van der Waals surface area contributed by atoms with Crippen molar-refractivity contribution in [3.8, 4) is 0 Å². The lowest BCUT2D eigenvalue weighted by molar-refractivity contribution is 0.112. The highest BCUT2D eigenvalue weighted by atomic mass is 32.1. The fourth-order valence-electron chi connectivity index (χ4n) is 1.84. The number of hydrogen-bond donors (Lipinski definition) is 0. The van der Waals surface area contributed by atoms with Crippen molar-refractivity contribution in [1.82, 2.24) is 4.98 Å². The molecule has 100 valence electrons. The molecular weight excluding hydrogens is 263 g/mol. The molecule has 0 radical (unpaired) electrons. The van der Waals surface area contributed by atoms with Crippen LogP contribution in [-0.2, 0) is 0 Å². The zero-order valence-corrected chi connectivity index (χ0v) is 11.9. The molecule has 0 saturated carbocycles. The molecule has 0 saturated heterocycles. The summed E-state index contributed by atoms with van der Waals surface area (Å²) in [5, 5.41) is 0.718. The Morgan fingerprint density at radius 3 is 2.68 bits per heavy atom. The second-order valence-corrected chi connectivity index (χ2v) is 5.38. The maximum Gasteiger partial charge on any atom is 0.186 e. The summed E-state index contributed by atoms with van der Waals surface area (Å²) in [5.74, 6) is -0.231. The number of aromatic nitrogens is 1. The zero-order valence-electron chi connectivity index (χ0n) is 11.1. The van der Waals surface area contributed by atoms with E-state index in [1.54, 1.807) is 19.1 Å². The smallest absolute Gasteiger partial charge is 0.186 e. The number of anilines is 1.